The molecule has 1 aliphatic heterocycles. The second kappa shape index (κ2) is 9.74. The van der Waals surface area contributed by atoms with Crippen LogP contribution >= 0.6 is 0 Å². The van der Waals surface area contributed by atoms with Crippen molar-refractivity contribution < 1.29 is 17.9 Å². The maximum atomic E-state index is 11.6. The van der Waals surface area contributed by atoms with Crippen molar-refractivity contribution in [2.45, 2.75) is 18.8 Å². The van der Waals surface area contributed by atoms with Gasteiger partial charge in [0, 0.05) is 36.1 Å². The van der Waals surface area contributed by atoms with Gasteiger partial charge in [0.15, 0.2) is 11.5 Å². The highest BCUT2D eigenvalue weighted by Gasteiger charge is 2.25. The first-order chi connectivity index (χ1) is 17.8. The van der Waals surface area contributed by atoms with E-state index in [0.717, 1.165) is 30.3 Å². The number of benzene rings is 2. The Labute approximate surface area is 215 Å². The van der Waals surface area contributed by atoms with E-state index in [9.17, 15) is 8.42 Å². The highest BCUT2D eigenvalue weighted by atomic mass is 32.2. The number of nitrogen functional groups attached to an aromatic ring is 1. The van der Waals surface area contributed by atoms with Crippen molar-refractivity contribution in [1.82, 2.24) is 15.0 Å². The SMILES string of the molecule is COc1cc2nc(C3CCc4cc(NS(C)(=O)=O)ccc4NC3)nc(N)c2c(-c2ccccn2)c1OC. The van der Waals surface area contributed by atoms with Gasteiger partial charge in [0.1, 0.15) is 11.6 Å². The molecule has 4 aromatic rings. The largest absolute Gasteiger partial charge is 0.493 e. The fourth-order valence-electron chi connectivity index (χ4n) is 4.73. The van der Waals surface area contributed by atoms with Crippen LogP contribution in [0.15, 0.2) is 48.7 Å². The van der Waals surface area contributed by atoms with E-state index >= 15 is 0 Å². The quantitative estimate of drug-likeness (QED) is 0.346. The average molecular weight is 521 g/mol. The minimum Gasteiger partial charge on any atom is -0.493 e. The predicted octanol–water partition coefficient (Wildman–Crippen LogP) is 3.80. The maximum absolute atomic E-state index is 11.6. The highest BCUT2D eigenvalue weighted by Crippen LogP contribution is 2.44. The number of anilines is 3. The molecule has 1 atom stereocenters. The van der Waals surface area contributed by atoms with Gasteiger partial charge in [-0.3, -0.25) is 9.71 Å². The van der Waals surface area contributed by atoms with Gasteiger partial charge in [-0.05, 0) is 48.7 Å². The van der Waals surface area contributed by atoms with Crippen molar-refractivity contribution in [3.63, 3.8) is 0 Å². The van der Waals surface area contributed by atoms with Gasteiger partial charge in [-0.25, -0.2) is 18.4 Å². The van der Waals surface area contributed by atoms with Gasteiger partial charge >= 0.3 is 0 Å². The number of nitrogens with zero attached hydrogens (tertiary/aromatic N) is 3. The number of fused-ring (bicyclic) bond motifs is 2. The summed E-state index contributed by atoms with van der Waals surface area (Å²) < 4.78 is 37.1. The zero-order valence-corrected chi connectivity index (χ0v) is 21.6. The molecule has 0 spiro atoms. The molecule has 2 aromatic heterocycles. The minimum absolute atomic E-state index is 0.0168. The number of aromatic nitrogens is 3. The Balaban J connectivity index is 1.54. The number of aryl methyl sites for hydroxylation is 1. The van der Waals surface area contributed by atoms with Crippen LogP contribution in [0.1, 0.15) is 23.7 Å². The van der Waals surface area contributed by atoms with Crippen LogP contribution in [0.4, 0.5) is 17.2 Å². The van der Waals surface area contributed by atoms with E-state index in [1.807, 2.05) is 36.4 Å². The molecule has 0 saturated carbocycles. The Morgan fingerprint density at radius 3 is 2.65 bits per heavy atom. The van der Waals surface area contributed by atoms with E-state index in [4.69, 9.17) is 25.2 Å². The van der Waals surface area contributed by atoms with E-state index in [0.29, 0.717) is 57.5 Å². The second-order valence-corrected chi connectivity index (χ2v) is 10.7. The summed E-state index contributed by atoms with van der Waals surface area (Å²) >= 11 is 0. The number of rotatable bonds is 6. The number of ether oxygens (including phenoxy) is 2. The monoisotopic (exact) mass is 520 g/mol. The number of hydrogen-bond acceptors (Lipinski definition) is 9. The van der Waals surface area contributed by atoms with Crippen LogP contribution in [-0.4, -0.2) is 50.4 Å². The van der Waals surface area contributed by atoms with Crippen LogP contribution in [0.25, 0.3) is 22.2 Å². The summed E-state index contributed by atoms with van der Waals surface area (Å²) in [4.78, 5) is 14.1. The van der Waals surface area contributed by atoms with Crippen molar-refractivity contribution in [2.24, 2.45) is 0 Å². The third-order valence-corrected chi connectivity index (χ3v) is 6.98. The molecular weight excluding hydrogens is 492 g/mol. The molecule has 5 rings (SSSR count). The summed E-state index contributed by atoms with van der Waals surface area (Å²) in [6.07, 6.45) is 4.32. The molecule has 0 saturated heterocycles. The molecule has 0 radical (unpaired) electrons. The summed E-state index contributed by atoms with van der Waals surface area (Å²) in [6, 6.07) is 12.9. The Hall–Kier alpha value is -4.12. The van der Waals surface area contributed by atoms with Crippen LogP contribution in [-0.2, 0) is 16.4 Å². The van der Waals surface area contributed by atoms with Crippen molar-refractivity contribution in [2.75, 3.05) is 42.8 Å². The van der Waals surface area contributed by atoms with Crippen LogP contribution < -0.4 is 25.2 Å². The van der Waals surface area contributed by atoms with Gasteiger partial charge < -0.3 is 20.5 Å². The van der Waals surface area contributed by atoms with Crippen LogP contribution in [0.5, 0.6) is 11.5 Å². The molecule has 10 nitrogen and oxygen atoms in total. The van der Waals surface area contributed by atoms with Crippen molar-refractivity contribution in [1.29, 1.82) is 0 Å². The molecule has 11 heteroatoms. The first kappa shape index (κ1) is 24.6. The lowest BCUT2D eigenvalue weighted by Crippen LogP contribution is -2.15. The molecule has 2 aromatic carbocycles. The number of pyridine rings is 1. The highest BCUT2D eigenvalue weighted by molar-refractivity contribution is 7.92. The summed E-state index contributed by atoms with van der Waals surface area (Å²) in [5.74, 6) is 1.98. The lowest BCUT2D eigenvalue weighted by atomic mass is 9.98. The second-order valence-electron chi connectivity index (χ2n) is 8.93. The van der Waals surface area contributed by atoms with Gasteiger partial charge in [0.2, 0.25) is 10.0 Å². The molecule has 1 unspecified atom stereocenters. The van der Waals surface area contributed by atoms with E-state index in [-0.39, 0.29) is 5.92 Å². The van der Waals surface area contributed by atoms with Gasteiger partial charge in [-0.2, -0.15) is 0 Å². The Bertz CT molecular complexity index is 1580. The lowest BCUT2D eigenvalue weighted by molar-refractivity contribution is 0.357. The van der Waals surface area contributed by atoms with Crippen molar-refractivity contribution in [3.05, 3.63) is 60.0 Å². The van der Waals surface area contributed by atoms with E-state index in [1.165, 1.54) is 0 Å². The summed E-state index contributed by atoms with van der Waals surface area (Å²) in [5.41, 5.74) is 11.1. The molecular formula is C26H28N6O4S. The van der Waals surface area contributed by atoms with Gasteiger partial charge in [-0.15, -0.1) is 0 Å². The average Bonchev–Trinajstić information content (AvgIpc) is 3.09. The summed E-state index contributed by atoms with van der Waals surface area (Å²) in [7, 11) is -0.198. The number of nitrogens with two attached hydrogens (primary N) is 1. The molecule has 1 aliphatic rings. The fourth-order valence-corrected chi connectivity index (χ4v) is 5.28. The Morgan fingerprint density at radius 2 is 1.95 bits per heavy atom. The molecule has 0 amide bonds. The Morgan fingerprint density at radius 1 is 1.11 bits per heavy atom. The third kappa shape index (κ3) is 4.94. The third-order valence-electron chi connectivity index (χ3n) is 6.37. The van der Waals surface area contributed by atoms with Crippen LogP contribution in [0.3, 0.4) is 0 Å². The number of sulfonamides is 1. The minimum atomic E-state index is -3.35. The molecule has 0 bridgehead atoms. The number of nitrogens with one attached hydrogen (secondary N) is 2. The molecule has 4 N–H and O–H groups in total. The van der Waals surface area contributed by atoms with E-state index < -0.39 is 10.0 Å². The lowest BCUT2D eigenvalue weighted by Gasteiger charge is -2.19. The van der Waals surface area contributed by atoms with Crippen molar-refractivity contribution in [3.8, 4) is 22.8 Å². The molecule has 3 heterocycles. The fraction of sp³-hybridized carbons (Fsp3) is 0.269. The predicted molar refractivity (Wildman–Crippen MR) is 145 cm³/mol. The van der Waals surface area contributed by atoms with Gasteiger partial charge in [0.25, 0.3) is 0 Å². The van der Waals surface area contributed by atoms with Gasteiger partial charge in [0.05, 0.1) is 42.6 Å². The molecule has 192 valence electrons. The smallest absolute Gasteiger partial charge is 0.229 e. The summed E-state index contributed by atoms with van der Waals surface area (Å²) in [6.45, 7) is 0.608. The maximum Gasteiger partial charge on any atom is 0.229 e. The van der Waals surface area contributed by atoms with Crippen LogP contribution in [0, 0.1) is 0 Å². The molecule has 0 fully saturated rings. The molecule has 0 aliphatic carbocycles. The topological polar surface area (TPSA) is 141 Å². The zero-order valence-electron chi connectivity index (χ0n) is 20.8. The zero-order chi connectivity index (χ0) is 26.2. The van der Waals surface area contributed by atoms with E-state index in [1.54, 1.807) is 26.5 Å². The standard InChI is InChI=1S/C26H28N6O4S/c1-35-21-13-20-23(22(24(21)36-2)19-6-4-5-11-28-19)25(27)31-26(30-20)16-8-7-15-12-17(32-37(3,33)34)9-10-18(15)29-14-16/h4-6,9-13,16,29,32H,7-8,14H2,1-3H3,(H2,27,30,31). The number of methoxy groups -OCH3 is 2. The first-order valence-electron chi connectivity index (χ1n) is 11.8. The first-order valence-corrected chi connectivity index (χ1v) is 13.6. The van der Waals surface area contributed by atoms with Crippen LogP contribution in [0.2, 0.25) is 0 Å². The normalized spacial score (nSPS) is 15.4. The van der Waals surface area contributed by atoms with Crippen molar-refractivity contribution >= 4 is 38.1 Å². The molecule has 37 heavy (non-hydrogen) atoms. The van der Waals surface area contributed by atoms with Gasteiger partial charge in [-0.1, -0.05) is 6.07 Å². The Kier molecular flexibility index (Phi) is 6.46. The van der Waals surface area contributed by atoms with E-state index in [2.05, 4.69) is 15.0 Å². The summed E-state index contributed by atoms with van der Waals surface area (Å²) in [5, 5.41) is 4.11. The number of hydrogen-bond donors (Lipinski definition) is 3.